The van der Waals surface area contributed by atoms with Crippen LogP contribution < -0.4 is 5.32 Å². The van der Waals surface area contributed by atoms with E-state index < -0.39 is 0 Å². The molecule has 5 heteroatoms. The van der Waals surface area contributed by atoms with Crippen molar-refractivity contribution in [2.75, 3.05) is 0 Å². The second-order valence-electron chi connectivity index (χ2n) is 6.18. The fourth-order valence-corrected chi connectivity index (χ4v) is 2.99. The highest BCUT2D eigenvalue weighted by Gasteiger charge is 2.19. The average Bonchev–Trinajstić information content (AvgIpc) is 2.96. The number of aromatic nitrogens is 2. The molecule has 3 aromatic rings. The Kier molecular flexibility index (Phi) is 5.12. The molecule has 4 nitrogen and oxygen atoms in total. The number of carbonyl (C=O) groups is 1. The van der Waals surface area contributed by atoms with Gasteiger partial charge in [-0.25, -0.2) is 9.37 Å². The number of rotatable bonds is 6. The first-order valence-corrected chi connectivity index (χ1v) is 8.58. The Morgan fingerprint density at radius 1 is 1.20 bits per heavy atom. The highest BCUT2D eigenvalue weighted by atomic mass is 19.1. The maximum atomic E-state index is 14.1. The quantitative estimate of drug-likeness (QED) is 0.731. The van der Waals surface area contributed by atoms with Crippen molar-refractivity contribution < 1.29 is 9.18 Å². The topological polar surface area (TPSA) is 46.9 Å². The van der Waals surface area contributed by atoms with Gasteiger partial charge < -0.3 is 9.88 Å². The molecular weight excluding hydrogens is 317 g/mol. The molecular formula is C20H22FN3O. The maximum Gasteiger partial charge on any atom is 0.220 e. The van der Waals surface area contributed by atoms with Crippen LogP contribution in [-0.2, 0) is 11.3 Å². The number of halogens is 1. The van der Waals surface area contributed by atoms with Crippen molar-refractivity contribution in [3.8, 4) is 0 Å². The Hall–Kier alpha value is -2.69. The first kappa shape index (κ1) is 17.1. The molecule has 1 heterocycles. The van der Waals surface area contributed by atoms with Crippen molar-refractivity contribution in [1.82, 2.24) is 14.9 Å². The molecule has 2 aromatic carbocycles. The summed E-state index contributed by atoms with van der Waals surface area (Å²) in [6, 6.07) is 14.2. The highest BCUT2D eigenvalue weighted by molar-refractivity contribution is 5.78. The Morgan fingerprint density at radius 2 is 1.92 bits per heavy atom. The van der Waals surface area contributed by atoms with E-state index in [9.17, 15) is 9.18 Å². The van der Waals surface area contributed by atoms with Crippen molar-refractivity contribution >= 4 is 16.9 Å². The zero-order valence-corrected chi connectivity index (χ0v) is 14.5. The van der Waals surface area contributed by atoms with Gasteiger partial charge in [0.05, 0.1) is 23.6 Å². The number of carbonyl (C=O) groups excluding carboxylic acids is 1. The largest absolute Gasteiger partial charge is 0.346 e. The number of fused-ring (bicyclic) bond motifs is 1. The monoisotopic (exact) mass is 339 g/mol. The Morgan fingerprint density at radius 3 is 2.68 bits per heavy atom. The van der Waals surface area contributed by atoms with E-state index >= 15 is 0 Å². The molecule has 1 aromatic heterocycles. The second kappa shape index (κ2) is 7.47. The van der Waals surface area contributed by atoms with E-state index in [-0.39, 0.29) is 17.8 Å². The fraction of sp³-hybridized carbons (Fsp3) is 0.300. The lowest BCUT2D eigenvalue weighted by Gasteiger charge is -2.16. The molecule has 0 radical (unpaired) electrons. The summed E-state index contributed by atoms with van der Waals surface area (Å²) in [5.74, 6) is 0.488. The minimum Gasteiger partial charge on any atom is -0.346 e. The zero-order chi connectivity index (χ0) is 17.8. The zero-order valence-electron chi connectivity index (χ0n) is 14.5. The summed E-state index contributed by atoms with van der Waals surface area (Å²) in [5, 5.41) is 2.98. The average molecular weight is 339 g/mol. The minimum absolute atomic E-state index is 0.000465. The van der Waals surface area contributed by atoms with E-state index in [2.05, 4.69) is 10.3 Å². The van der Waals surface area contributed by atoms with Gasteiger partial charge in [-0.2, -0.15) is 0 Å². The van der Waals surface area contributed by atoms with Gasteiger partial charge in [0.2, 0.25) is 5.91 Å². The number of imidazole rings is 1. The normalized spacial score (nSPS) is 12.3. The number of hydrogen-bond acceptors (Lipinski definition) is 2. The van der Waals surface area contributed by atoms with E-state index in [1.165, 1.54) is 6.07 Å². The molecule has 0 aliphatic heterocycles. The van der Waals surface area contributed by atoms with Gasteiger partial charge in [-0.3, -0.25) is 4.79 Å². The first-order valence-electron chi connectivity index (χ1n) is 8.58. The summed E-state index contributed by atoms with van der Waals surface area (Å²) >= 11 is 0. The van der Waals surface area contributed by atoms with Gasteiger partial charge in [0.15, 0.2) is 0 Å². The van der Waals surface area contributed by atoms with E-state index in [4.69, 9.17) is 0 Å². The minimum atomic E-state index is -0.252. The van der Waals surface area contributed by atoms with Crippen LogP contribution in [0.3, 0.4) is 0 Å². The summed E-state index contributed by atoms with van der Waals surface area (Å²) in [5.41, 5.74) is 2.36. The van der Waals surface area contributed by atoms with Gasteiger partial charge in [0.25, 0.3) is 0 Å². The highest BCUT2D eigenvalue weighted by Crippen LogP contribution is 2.23. The van der Waals surface area contributed by atoms with Crippen LogP contribution in [-0.4, -0.2) is 15.5 Å². The summed E-state index contributed by atoms with van der Waals surface area (Å²) in [4.78, 5) is 16.6. The third kappa shape index (κ3) is 3.71. The number of nitrogens with one attached hydrogen (secondary N) is 1. The second-order valence-corrected chi connectivity index (χ2v) is 6.18. The molecule has 1 N–H and O–H groups in total. The number of hydrogen-bond donors (Lipinski definition) is 1. The van der Waals surface area contributed by atoms with Gasteiger partial charge in [-0.05, 0) is 31.5 Å². The van der Waals surface area contributed by atoms with Crippen molar-refractivity contribution in [2.45, 2.75) is 39.3 Å². The van der Waals surface area contributed by atoms with Gasteiger partial charge in [-0.15, -0.1) is 0 Å². The molecule has 130 valence electrons. The van der Waals surface area contributed by atoms with E-state index in [1.807, 2.05) is 48.7 Å². The van der Waals surface area contributed by atoms with Crippen molar-refractivity contribution in [3.63, 3.8) is 0 Å². The van der Waals surface area contributed by atoms with E-state index in [1.54, 1.807) is 12.1 Å². The Labute approximate surface area is 146 Å². The van der Waals surface area contributed by atoms with Crippen LogP contribution in [0.15, 0.2) is 48.5 Å². The van der Waals surface area contributed by atoms with E-state index in [0.29, 0.717) is 18.5 Å². The lowest BCUT2D eigenvalue weighted by Crippen LogP contribution is -2.28. The SMILES string of the molecule is CCCC(=O)N[C@@H](C)c1nc2ccccc2n1Cc1ccccc1F. The van der Waals surface area contributed by atoms with Crippen molar-refractivity contribution in [2.24, 2.45) is 0 Å². The van der Waals surface area contributed by atoms with Crippen molar-refractivity contribution in [1.29, 1.82) is 0 Å². The summed E-state index contributed by atoms with van der Waals surface area (Å²) in [6.07, 6.45) is 1.28. The third-order valence-corrected chi connectivity index (χ3v) is 4.21. The fourth-order valence-electron chi connectivity index (χ4n) is 2.99. The Bertz CT molecular complexity index is 888. The molecule has 3 rings (SSSR count). The standard InChI is InChI=1S/C20H22FN3O/c1-3-8-19(25)22-14(2)20-23-17-11-6-7-12-18(17)24(20)13-15-9-4-5-10-16(15)21/h4-7,9-12,14H,3,8,13H2,1-2H3,(H,22,25)/t14-/m0/s1. The molecule has 0 aliphatic rings. The molecule has 0 unspecified atom stereocenters. The molecule has 1 atom stereocenters. The number of benzene rings is 2. The molecule has 0 bridgehead atoms. The maximum absolute atomic E-state index is 14.1. The van der Waals surface area contributed by atoms with Crippen LogP contribution in [0.25, 0.3) is 11.0 Å². The van der Waals surface area contributed by atoms with Crippen LogP contribution in [0, 0.1) is 5.82 Å². The lowest BCUT2D eigenvalue weighted by molar-refractivity contribution is -0.121. The van der Waals surface area contributed by atoms with Gasteiger partial charge in [0, 0.05) is 12.0 Å². The van der Waals surface area contributed by atoms with Crippen LogP contribution in [0.1, 0.15) is 44.1 Å². The van der Waals surface area contributed by atoms with E-state index in [0.717, 1.165) is 23.3 Å². The van der Waals surface area contributed by atoms with Crippen LogP contribution in [0.5, 0.6) is 0 Å². The van der Waals surface area contributed by atoms with Crippen LogP contribution >= 0.6 is 0 Å². The smallest absolute Gasteiger partial charge is 0.220 e. The predicted octanol–water partition coefficient (Wildman–Crippen LogP) is 4.20. The van der Waals surface area contributed by atoms with Gasteiger partial charge >= 0.3 is 0 Å². The summed E-state index contributed by atoms with van der Waals surface area (Å²) in [6.45, 7) is 4.25. The molecule has 25 heavy (non-hydrogen) atoms. The van der Waals surface area contributed by atoms with Crippen molar-refractivity contribution in [3.05, 3.63) is 65.7 Å². The molecule has 1 amide bonds. The number of nitrogens with zero attached hydrogens (tertiary/aromatic N) is 2. The molecule has 0 aliphatic carbocycles. The number of amides is 1. The molecule has 0 saturated heterocycles. The molecule has 0 spiro atoms. The lowest BCUT2D eigenvalue weighted by atomic mass is 10.2. The molecule has 0 saturated carbocycles. The third-order valence-electron chi connectivity index (χ3n) is 4.21. The van der Waals surface area contributed by atoms with Gasteiger partial charge in [-0.1, -0.05) is 37.3 Å². The van der Waals surface area contributed by atoms with Crippen LogP contribution in [0.4, 0.5) is 4.39 Å². The van der Waals surface area contributed by atoms with Crippen LogP contribution in [0.2, 0.25) is 0 Å². The molecule has 0 fully saturated rings. The first-order chi connectivity index (χ1) is 12.1. The summed E-state index contributed by atoms with van der Waals surface area (Å²) in [7, 11) is 0. The number of para-hydroxylation sites is 2. The predicted molar refractivity (Wildman–Crippen MR) is 96.7 cm³/mol. The summed E-state index contributed by atoms with van der Waals surface area (Å²) < 4.78 is 16.1. The van der Waals surface area contributed by atoms with Gasteiger partial charge in [0.1, 0.15) is 11.6 Å². The Balaban J connectivity index is 2.00.